The van der Waals surface area contributed by atoms with Crippen LogP contribution >= 0.6 is 0 Å². The summed E-state index contributed by atoms with van der Waals surface area (Å²) in [6.07, 6.45) is 0. The van der Waals surface area contributed by atoms with Crippen molar-refractivity contribution in [1.29, 1.82) is 15.8 Å². The van der Waals surface area contributed by atoms with E-state index in [9.17, 15) is 15.8 Å². The number of rotatable bonds is 4. The summed E-state index contributed by atoms with van der Waals surface area (Å²) in [7, 11) is 0. The number of nitrogens with zero attached hydrogens (tertiary/aromatic N) is 5. The summed E-state index contributed by atoms with van der Waals surface area (Å²) in [5.41, 5.74) is 11.7. The molecule has 0 bridgehead atoms. The summed E-state index contributed by atoms with van der Waals surface area (Å²) in [5.74, 6) is 0. The molecule has 0 aliphatic rings. The van der Waals surface area contributed by atoms with Gasteiger partial charge in [0.2, 0.25) is 0 Å². The molecule has 0 saturated carbocycles. The van der Waals surface area contributed by atoms with E-state index in [2.05, 4.69) is 118 Å². The van der Waals surface area contributed by atoms with Crippen LogP contribution in [0.2, 0.25) is 0 Å². The summed E-state index contributed by atoms with van der Waals surface area (Å²) in [6, 6.07) is 57.9. The molecule has 0 radical (unpaired) electrons. The van der Waals surface area contributed by atoms with Crippen LogP contribution in [0.15, 0.2) is 152 Å². The highest BCUT2D eigenvalue weighted by Crippen LogP contribution is 2.39. The molecule has 0 saturated heterocycles. The third kappa shape index (κ3) is 4.45. The van der Waals surface area contributed by atoms with Gasteiger partial charge in [-0.15, -0.1) is 0 Å². The average Bonchev–Trinajstić information content (AvgIpc) is 3.69. The van der Waals surface area contributed by atoms with Crippen molar-refractivity contribution in [3.63, 3.8) is 0 Å². The predicted molar refractivity (Wildman–Crippen MR) is 200 cm³/mol. The molecule has 230 valence electrons. The van der Waals surface area contributed by atoms with Gasteiger partial charge in [-0.05, 0) is 102 Å². The molecule has 9 aromatic rings. The lowest BCUT2D eigenvalue weighted by atomic mass is 9.95. The second-order valence-corrected chi connectivity index (χ2v) is 12.4. The van der Waals surface area contributed by atoms with Crippen molar-refractivity contribution in [3.05, 3.63) is 168 Å². The molecule has 50 heavy (non-hydrogen) atoms. The number of benzene rings is 7. The maximum absolute atomic E-state index is 10.2. The van der Waals surface area contributed by atoms with E-state index >= 15 is 0 Å². The monoisotopic (exact) mass is 635 g/mol. The van der Waals surface area contributed by atoms with Gasteiger partial charge in [0.05, 0.1) is 62.7 Å². The third-order valence-electron chi connectivity index (χ3n) is 9.56. The zero-order valence-electron chi connectivity index (χ0n) is 26.7. The van der Waals surface area contributed by atoms with E-state index in [1.165, 1.54) is 10.8 Å². The molecule has 5 nitrogen and oxygen atoms in total. The number of aromatic nitrogens is 2. The van der Waals surface area contributed by atoms with E-state index in [-0.39, 0.29) is 0 Å². The van der Waals surface area contributed by atoms with Gasteiger partial charge in [0.25, 0.3) is 0 Å². The van der Waals surface area contributed by atoms with Crippen LogP contribution in [-0.2, 0) is 0 Å². The van der Waals surface area contributed by atoms with Gasteiger partial charge < -0.3 is 9.13 Å². The quantitative estimate of drug-likeness (QED) is 0.193. The van der Waals surface area contributed by atoms with Gasteiger partial charge in [-0.1, -0.05) is 66.7 Å². The molecule has 0 atom stereocenters. The summed E-state index contributed by atoms with van der Waals surface area (Å²) >= 11 is 0. The first kappa shape index (κ1) is 28.8. The highest BCUT2D eigenvalue weighted by molar-refractivity contribution is 6.11. The van der Waals surface area contributed by atoms with Gasteiger partial charge in [0, 0.05) is 32.8 Å². The van der Waals surface area contributed by atoms with Gasteiger partial charge in [-0.25, -0.2) is 0 Å². The van der Waals surface area contributed by atoms with Crippen LogP contribution in [0.25, 0.3) is 77.2 Å². The first-order valence-electron chi connectivity index (χ1n) is 16.3. The smallest absolute Gasteiger partial charge is 0.0992 e. The molecule has 0 aliphatic carbocycles. The second-order valence-electron chi connectivity index (χ2n) is 12.4. The molecule has 5 heteroatoms. The summed E-state index contributed by atoms with van der Waals surface area (Å²) in [4.78, 5) is 0. The first-order valence-corrected chi connectivity index (χ1v) is 16.3. The molecule has 0 unspecified atom stereocenters. The SMILES string of the molecule is N#Cc1cc(-c2cccc(-n3c4ccc(C#N)cc4c4cc(C#N)ccc43)c2)cc(-c2ccccc2-n2c3ccccc3c3ccccc32)c1. The topological polar surface area (TPSA) is 81.2 Å². The van der Waals surface area contributed by atoms with Crippen molar-refractivity contribution in [1.82, 2.24) is 9.13 Å². The van der Waals surface area contributed by atoms with Crippen molar-refractivity contribution in [2.45, 2.75) is 0 Å². The molecule has 9 rings (SSSR count). The lowest BCUT2D eigenvalue weighted by Gasteiger charge is -2.16. The molecule has 0 amide bonds. The molecular weight excluding hydrogens is 611 g/mol. The fraction of sp³-hybridized carbons (Fsp3) is 0. The predicted octanol–water partition coefficient (Wildman–Crippen LogP) is 10.8. The minimum absolute atomic E-state index is 0.565. The lowest BCUT2D eigenvalue weighted by Crippen LogP contribution is -1.98. The minimum atomic E-state index is 0.565. The van der Waals surface area contributed by atoms with Crippen molar-refractivity contribution in [3.8, 4) is 51.8 Å². The number of hydrogen-bond acceptors (Lipinski definition) is 3. The molecule has 0 aliphatic heterocycles. The van der Waals surface area contributed by atoms with Gasteiger partial charge in [0.1, 0.15) is 0 Å². The largest absolute Gasteiger partial charge is 0.309 e. The van der Waals surface area contributed by atoms with Gasteiger partial charge >= 0.3 is 0 Å². The lowest BCUT2D eigenvalue weighted by molar-refractivity contribution is 1.18. The first-order chi connectivity index (χ1) is 24.6. The van der Waals surface area contributed by atoms with Crippen molar-refractivity contribution >= 4 is 43.6 Å². The fourth-order valence-electron chi connectivity index (χ4n) is 7.37. The number of fused-ring (bicyclic) bond motifs is 6. The Hall–Kier alpha value is -7.39. The van der Waals surface area contributed by atoms with Crippen molar-refractivity contribution < 1.29 is 0 Å². The number of nitriles is 3. The van der Waals surface area contributed by atoms with E-state index in [0.29, 0.717) is 16.7 Å². The van der Waals surface area contributed by atoms with Gasteiger partial charge in [-0.2, -0.15) is 15.8 Å². The number of hydrogen-bond donors (Lipinski definition) is 0. The molecule has 2 aromatic heterocycles. The molecular formula is C45H25N5. The molecule has 0 spiro atoms. The summed E-state index contributed by atoms with van der Waals surface area (Å²) < 4.78 is 4.49. The Morgan fingerprint density at radius 1 is 0.360 bits per heavy atom. The van der Waals surface area contributed by atoms with E-state index in [1.54, 1.807) is 0 Å². The summed E-state index contributed by atoms with van der Waals surface area (Å²) in [6.45, 7) is 0. The Morgan fingerprint density at radius 3 is 1.56 bits per heavy atom. The van der Waals surface area contributed by atoms with Crippen LogP contribution in [-0.4, -0.2) is 9.13 Å². The van der Waals surface area contributed by atoms with Gasteiger partial charge in [0.15, 0.2) is 0 Å². The standard InChI is InChI=1S/C45H25N5/c46-26-29-16-18-44-39(22-29)40-23-30(27-47)17-19-45(40)49(44)35-9-7-8-32(25-35)33-20-31(28-48)21-34(24-33)36-10-1-4-13-41(36)50-42-14-5-2-11-37(42)38-12-3-6-15-43(38)50/h1-25H. The van der Waals surface area contributed by atoms with Crippen LogP contribution in [0.1, 0.15) is 16.7 Å². The fourth-order valence-corrected chi connectivity index (χ4v) is 7.37. The third-order valence-corrected chi connectivity index (χ3v) is 9.56. The Bertz CT molecular complexity index is 2850. The Labute approximate surface area is 287 Å². The maximum atomic E-state index is 10.2. The van der Waals surface area contributed by atoms with Crippen LogP contribution in [0, 0.1) is 34.0 Å². The summed E-state index contributed by atoms with van der Waals surface area (Å²) in [5, 5.41) is 33.7. The van der Waals surface area contributed by atoms with Crippen LogP contribution < -0.4 is 0 Å². The van der Waals surface area contributed by atoms with E-state index < -0.39 is 0 Å². The zero-order valence-corrected chi connectivity index (χ0v) is 26.7. The molecule has 0 fully saturated rings. The van der Waals surface area contributed by atoms with Crippen molar-refractivity contribution in [2.75, 3.05) is 0 Å². The number of para-hydroxylation sites is 3. The van der Waals surface area contributed by atoms with Crippen LogP contribution in [0.4, 0.5) is 0 Å². The zero-order chi connectivity index (χ0) is 33.8. The molecule has 7 aromatic carbocycles. The maximum Gasteiger partial charge on any atom is 0.0992 e. The Balaban J connectivity index is 1.23. The molecule has 2 heterocycles. The highest BCUT2D eigenvalue weighted by Gasteiger charge is 2.18. The van der Waals surface area contributed by atoms with Crippen LogP contribution in [0.3, 0.4) is 0 Å². The second kappa shape index (κ2) is 11.4. The Kier molecular flexibility index (Phi) is 6.56. The minimum Gasteiger partial charge on any atom is -0.309 e. The van der Waals surface area contributed by atoms with E-state index in [0.717, 1.165) is 66.5 Å². The van der Waals surface area contributed by atoms with E-state index in [4.69, 9.17) is 0 Å². The van der Waals surface area contributed by atoms with Gasteiger partial charge in [-0.3, -0.25) is 0 Å². The average molecular weight is 636 g/mol. The molecule has 0 N–H and O–H groups in total. The Morgan fingerprint density at radius 2 is 0.920 bits per heavy atom. The van der Waals surface area contributed by atoms with Crippen LogP contribution in [0.5, 0.6) is 0 Å². The van der Waals surface area contributed by atoms with Crippen molar-refractivity contribution in [2.24, 2.45) is 0 Å². The van der Waals surface area contributed by atoms with E-state index in [1.807, 2.05) is 60.7 Å². The highest BCUT2D eigenvalue weighted by atomic mass is 15.0. The normalized spacial score (nSPS) is 11.1.